The number of nitrogens with one attached hydrogen (secondary N) is 1. The number of urea groups is 1. The second kappa shape index (κ2) is 5.11. The van der Waals surface area contributed by atoms with E-state index in [1.807, 2.05) is 0 Å². The second-order valence-electron chi connectivity index (χ2n) is 3.09. The molecule has 0 aromatic heterocycles. The molecule has 0 saturated carbocycles. The van der Waals surface area contributed by atoms with Crippen LogP contribution < -0.4 is 16.8 Å². The van der Waals surface area contributed by atoms with Gasteiger partial charge in [-0.2, -0.15) is 0 Å². The van der Waals surface area contributed by atoms with Gasteiger partial charge in [0.25, 0.3) is 0 Å². The largest absolute Gasteiger partial charge is 0.385 e. The Kier molecular flexibility index (Phi) is 3.79. The van der Waals surface area contributed by atoms with Crippen molar-refractivity contribution in [1.29, 1.82) is 0 Å². The number of primary amides is 2. The minimum Gasteiger partial charge on any atom is -0.385 e. The minimum absolute atomic E-state index is 0.833. The Balaban J connectivity index is 0.000000213. The van der Waals surface area contributed by atoms with Crippen molar-refractivity contribution in [2.75, 3.05) is 11.9 Å². The fourth-order valence-electron chi connectivity index (χ4n) is 1.41. The predicted octanol–water partition coefficient (Wildman–Crippen LogP) is 1.07. The summed E-state index contributed by atoms with van der Waals surface area (Å²) in [5.41, 5.74) is 11.3. The van der Waals surface area contributed by atoms with E-state index in [9.17, 15) is 0 Å². The zero-order valence-electron chi connectivity index (χ0n) is 7.99. The van der Waals surface area contributed by atoms with E-state index >= 15 is 0 Å². The SMILES string of the molecule is NC(N)=O.c1ccc2c(c1)CCCN2. The number of benzene rings is 1. The molecule has 0 radical (unpaired) electrons. The Labute approximate surface area is 83.3 Å². The average molecular weight is 193 g/mol. The minimum atomic E-state index is -0.833. The highest BCUT2D eigenvalue weighted by atomic mass is 16.2. The van der Waals surface area contributed by atoms with Gasteiger partial charge in [-0.15, -0.1) is 0 Å². The van der Waals surface area contributed by atoms with Gasteiger partial charge in [0.05, 0.1) is 0 Å². The number of carbonyl (C=O) groups excluding carboxylic acids is 1. The second-order valence-corrected chi connectivity index (χ2v) is 3.09. The highest BCUT2D eigenvalue weighted by Crippen LogP contribution is 2.19. The lowest BCUT2D eigenvalue weighted by molar-refractivity contribution is 0.256. The van der Waals surface area contributed by atoms with E-state index in [-0.39, 0.29) is 0 Å². The fraction of sp³-hybridized carbons (Fsp3) is 0.300. The fourth-order valence-corrected chi connectivity index (χ4v) is 1.41. The van der Waals surface area contributed by atoms with Gasteiger partial charge in [0.1, 0.15) is 0 Å². The molecule has 0 aliphatic carbocycles. The average Bonchev–Trinajstić information content (AvgIpc) is 2.17. The Morgan fingerprint density at radius 3 is 2.57 bits per heavy atom. The lowest BCUT2D eigenvalue weighted by Gasteiger charge is -2.16. The van der Waals surface area contributed by atoms with Crippen molar-refractivity contribution >= 4 is 11.7 Å². The molecule has 1 aliphatic rings. The third kappa shape index (κ3) is 3.35. The van der Waals surface area contributed by atoms with Crippen LogP contribution in [0.3, 0.4) is 0 Å². The molecule has 2 amide bonds. The Morgan fingerprint density at radius 1 is 1.29 bits per heavy atom. The molecule has 0 saturated heterocycles. The molecular weight excluding hydrogens is 178 g/mol. The summed E-state index contributed by atoms with van der Waals surface area (Å²) >= 11 is 0. The van der Waals surface area contributed by atoms with Gasteiger partial charge >= 0.3 is 6.03 Å². The predicted molar refractivity (Wildman–Crippen MR) is 57.0 cm³/mol. The first kappa shape index (κ1) is 10.4. The van der Waals surface area contributed by atoms with Crippen molar-refractivity contribution < 1.29 is 4.79 Å². The molecule has 0 spiro atoms. The molecular formula is C10H15N3O. The smallest absolute Gasteiger partial charge is 0.309 e. The van der Waals surface area contributed by atoms with Crippen LogP contribution in [0.5, 0.6) is 0 Å². The Bertz CT molecular complexity index is 283. The normalized spacial score (nSPS) is 12.9. The van der Waals surface area contributed by atoms with Crippen LogP contribution in [0.25, 0.3) is 0 Å². The van der Waals surface area contributed by atoms with Crippen LogP contribution in [0.15, 0.2) is 24.3 Å². The van der Waals surface area contributed by atoms with Gasteiger partial charge in [-0.3, -0.25) is 0 Å². The van der Waals surface area contributed by atoms with Gasteiger partial charge < -0.3 is 16.8 Å². The van der Waals surface area contributed by atoms with Crippen LogP contribution in [-0.2, 0) is 6.42 Å². The molecule has 1 heterocycles. The molecule has 76 valence electrons. The third-order valence-corrected chi connectivity index (χ3v) is 1.96. The van der Waals surface area contributed by atoms with E-state index in [0.29, 0.717) is 0 Å². The van der Waals surface area contributed by atoms with Crippen molar-refractivity contribution in [3.8, 4) is 0 Å². The maximum atomic E-state index is 9.00. The summed E-state index contributed by atoms with van der Waals surface area (Å²) in [6.45, 7) is 1.14. The quantitative estimate of drug-likeness (QED) is 0.576. The monoisotopic (exact) mass is 193 g/mol. The summed E-state index contributed by atoms with van der Waals surface area (Å²) < 4.78 is 0. The lowest BCUT2D eigenvalue weighted by Crippen LogP contribution is -2.18. The van der Waals surface area contributed by atoms with Crippen LogP contribution in [-0.4, -0.2) is 12.6 Å². The van der Waals surface area contributed by atoms with Gasteiger partial charge in [-0.1, -0.05) is 18.2 Å². The summed E-state index contributed by atoms with van der Waals surface area (Å²) in [6.07, 6.45) is 2.51. The van der Waals surface area contributed by atoms with E-state index in [0.717, 1.165) is 6.54 Å². The maximum Gasteiger partial charge on any atom is 0.309 e. The summed E-state index contributed by atoms with van der Waals surface area (Å²) in [4.78, 5) is 9.00. The Morgan fingerprint density at radius 2 is 1.93 bits per heavy atom. The zero-order chi connectivity index (χ0) is 10.4. The maximum absolute atomic E-state index is 9.00. The van der Waals surface area contributed by atoms with Gasteiger partial charge in [-0.25, -0.2) is 4.79 Å². The van der Waals surface area contributed by atoms with Crippen molar-refractivity contribution in [1.82, 2.24) is 0 Å². The van der Waals surface area contributed by atoms with Crippen LogP contribution in [0.1, 0.15) is 12.0 Å². The van der Waals surface area contributed by atoms with E-state index < -0.39 is 6.03 Å². The van der Waals surface area contributed by atoms with Crippen LogP contribution in [0, 0.1) is 0 Å². The van der Waals surface area contributed by atoms with Gasteiger partial charge in [0.15, 0.2) is 0 Å². The number of fused-ring (bicyclic) bond motifs is 1. The molecule has 5 N–H and O–H groups in total. The molecule has 2 rings (SSSR count). The number of aryl methyl sites for hydroxylation is 1. The summed E-state index contributed by atoms with van der Waals surface area (Å²) in [6, 6.07) is 7.69. The van der Waals surface area contributed by atoms with Crippen LogP contribution in [0.4, 0.5) is 10.5 Å². The van der Waals surface area contributed by atoms with Crippen LogP contribution >= 0.6 is 0 Å². The molecule has 0 atom stereocenters. The highest BCUT2D eigenvalue weighted by molar-refractivity contribution is 5.69. The summed E-state index contributed by atoms with van der Waals surface area (Å²) in [5.74, 6) is 0. The lowest BCUT2D eigenvalue weighted by atomic mass is 10.0. The zero-order valence-corrected chi connectivity index (χ0v) is 7.99. The first-order chi connectivity index (χ1) is 6.70. The number of anilines is 1. The Hall–Kier alpha value is -1.71. The van der Waals surface area contributed by atoms with Crippen molar-refractivity contribution in [3.63, 3.8) is 0 Å². The van der Waals surface area contributed by atoms with E-state index in [1.165, 1.54) is 24.1 Å². The third-order valence-electron chi connectivity index (χ3n) is 1.96. The van der Waals surface area contributed by atoms with Crippen molar-refractivity contribution in [2.45, 2.75) is 12.8 Å². The van der Waals surface area contributed by atoms with Gasteiger partial charge in [0, 0.05) is 12.2 Å². The number of amides is 2. The summed E-state index contributed by atoms with van der Waals surface area (Å²) in [7, 11) is 0. The molecule has 1 aromatic rings. The van der Waals surface area contributed by atoms with E-state index in [4.69, 9.17) is 4.79 Å². The standard InChI is InChI=1S/C9H11N.CH4N2O/c1-2-6-9-8(4-1)5-3-7-10-9;2-1(3)4/h1-2,4,6,10H,3,5,7H2;(H4,2,3,4). The van der Waals surface area contributed by atoms with Gasteiger partial charge in [0.2, 0.25) is 0 Å². The number of carbonyl (C=O) groups is 1. The molecule has 0 fully saturated rings. The number of rotatable bonds is 0. The molecule has 0 bridgehead atoms. The first-order valence-electron chi connectivity index (χ1n) is 4.57. The van der Waals surface area contributed by atoms with Crippen LogP contribution in [0.2, 0.25) is 0 Å². The number of hydrogen-bond donors (Lipinski definition) is 3. The van der Waals surface area contributed by atoms with Gasteiger partial charge in [-0.05, 0) is 24.5 Å². The number of para-hydroxylation sites is 1. The molecule has 1 aromatic carbocycles. The highest BCUT2D eigenvalue weighted by Gasteiger charge is 2.04. The topological polar surface area (TPSA) is 81.1 Å². The van der Waals surface area contributed by atoms with E-state index in [1.54, 1.807) is 0 Å². The molecule has 14 heavy (non-hydrogen) atoms. The summed E-state index contributed by atoms with van der Waals surface area (Å²) in [5, 5.41) is 3.36. The number of nitrogens with two attached hydrogens (primary N) is 2. The molecule has 4 nitrogen and oxygen atoms in total. The molecule has 1 aliphatic heterocycles. The first-order valence-corrected chi connectivity index (χ1v) is 4.57. The molecule has 0 unspecified atom stereocenters. The van der Waals surface area contributed by atoms with E-state index in [2.05, 4.69) is 41.0 Å². The molecule has 4 heteroatoms. The van der Waals surface area contributed by atoms with Crippen molar-refractivity contribution in [2.24, 2.45) is 11.5 Å². The number of hydrogen-bond acceptors (Lipinski definition) is 2. The van der Waals surface area contributed by atoms with Crippen molar-refractivity contribution in [3.05, 3.63) is 29.8 Å².